The Labute approximate surface area is 132 Å². The Bertz CT molecular complexity index is 431. The summed E-state index contributed by atoms with van der Waals surface area (Å²) in [4.78, 5) is 18.5. The van der Waals surface area contributed by atoms with Gasteiger partial charge in [0.2, 0.25) is 17.8 Å². The van der Waals surface area contributed by atoms with E-state index in [1.165, 1.54) is 38.5 Å². The maximum Gasteiger partial charge on any atom is 0.231 e. The molecule has 7 nitrogen and oxygen atoms in total. The van der Waals surface area contributed by atoms with Crippen LogP contribution in [0.4, 0.5) is 17.8 Å². The zero-order valence-corrected chi connectivity index (χ0v) is 13.3. The fourth-order valence-electron chi connectivity index (χ4n) is 3.09. The van der Waals surface area contributed by atoms with Crippen molar-refractivity contribution in [2.24, 2.45) is 5.73 Å². The van der Waals surface area contributed by atoms with Crippen molar-refractivity contribution in [1.82, 2.24) is 15.0 Å². The molecule has 7 heteroatoms. The minimum atomic E-state index is 0.573. The Morgan fingerprint density at radius 1 is 0.773 bits per heavy atom. The van der Waals surface area contributed by atoms with Gasteiger partial charge in [-0.25, -0.2) is 0 Å². The summed E-state index contributed by atoms with van der Waals surface area (Å²) in [6, 6.07) is 0. The van der Waals surface area contributed by atoms with Gasteiger partial charge in [-0.05, 0) is 38.5 Å². The minimum Gasteiger partial charge on any atom is -0.353 e. The molecule has 0 amide bonds. The lowest BCUT2D eigenvalue weighted by Crippen LogP contribution is -2.34. The van der Waals surface area contributed by atoms with Gasteiger partial charge >= 0.3 is 0 Å². The third kappa shape index (κ3) is 3.76. The van der Waals surface area contributed by atoms with Crippen LogP contribution < -0.4 is 20.9 Å². The monoisotopic (exact) mass is 305 g/mol. The van der Waals surface area contributed by atoms with Gasteiger partial charge in [0.25, 0.3) is 0 Å². The minimum absolute atomic E-state index is 0.573. The maximum absolute atomic E-state index is 5.58. The number of rotatable bonds is 5. The number of nitrogens with two attached hydrogens (primary N) is 1. The van der Waals surface area contributed by atoms with E-state index in [1.54, 1.807) is 0 Å². The van der Waals surface area contributed by atoms with E-state index < -0.39 is 0 Å². The molecule has 3 heterocycles. The van der Waals surface area contributed by atoms with Crippen LogP contribution in [0, 0.1) is 0 Å². The topological polar surface area (TPSA) is 83.2 Å². The van der Waals surface area contributed by atoms with E-state index in [2.05, 4.69) is 25.1 Å². The average molecular weight is 305 g/mol. The molecule has 0 saturated carbocycles. The summed E-state index contributed by atoms with van der Waals surface area (Å²) in [6.45, 7) is 5.42. The van der Waals surface area contributed by atoms with Crippen molar-refractivity contribution in [2.45, 2.75) is 38.5 Å². The third-order valence-electron chi connectivity index (χ3n) is 4.32. The lowest BCUT2D eigenvalue weighted by Gasteiger charge is -2.30. The molecule has 2 aliphatic heterocycles. The largest absolute Gasteiger partial charge is 0.353 e. The van der Waals surface area contributed by atoms with Crippen LogP contribution in [0.15, 0.2) is 0 Å². The van der Waals surface area contributed by atoms with Crippen molar-refractivity contribution in [3.63, 3.8) is 0 Å². The number of anilines is 3. The second-order valence-electron chi connectivity index (χ2n) is 6.07. The van der Waals surface area contributed by atoms with Gasteiger partial charge in [-0.2, -0.15) is 15.0 Å². The van der Waals surface area contributed by atoms with Crippen molar-refractivity contribution in [1.29, 1.82) is 0 Å². The van der Waals surface area contributed by atoms with Crippen LogP contribution >= 0.6 is 0 Å². The molecule has 1 aromatic heterocycles. The van der Waals surface area contributed by atoms with Gasteiger partial charge in [0, 0.05) is 39.3 Å². The SMILES string of the molecule is NCCNc1nc(N2CCCCC2)nc(N2CCCCC2)n1. The Kier molecular flexibility index (Phi) is 5.26. The van der Waals surface area contributed by atoms with Gasteiger partial charge in [-0.15, -0.1) is 0 Å². The number of nitrogens with one attached hydrogen (secondary N) is 1. The highest BCUT2D eigenvalue weighted by molar-refractivity contribution is 5.45. The lowest BCUT2D eigenvalue weighted by atomic mass is 10.1. The summed E-state index contributed by atoms with van der Waals surface area (Å²) in [5.41, 5.74) is 5.58. The molecule has 0 aliphatic carbocycles. The van der Waals surface area contributed by atoms with Gasteiger partial charge in [0.1, 0.15) is 0 Å². The summed E-state index contributed by atoms with van der Waals surface area (Å²) in [5, 5.41) is 3.21. The molecule has 3 N–H and O–H groups in total. The van der Waals surface area contributed by atoms with E-state index in [1.807, 2.05) is 0 Å². The van der Waals surface area contributed by atoms with Crippen LogP contribution in [-0.2, 0) is 0 Å². The molecule has 0 radical (unpaired) electrons. The van der Waals surface area contributed by atoms with Crippen molar-refractivity contribution < 1.29 is 0 Å². The first kappa shape index (κ1) is 15.3. The molecule has 0 atom stereocenters. The molecule has 22 heavy (non-hydrogen) atoms. The lowest BCUT2D eigenvalue weighted by molar-refractivity contribution is 0.556. The van der Waals surface area contributed by atoms with E-state index in [0.717, 1.165) is 38.1 Å². The van der Waals surface area contributed by atoms with Gasteiger partial charge in [-0.3, -0.25) is 0 Å². The molecule has 2 saturated heterocycles. The van der Waals surface area contributed by atoms with E-state index in [9.17, 15) is 0 Å². The zero-order chi connectivity index (χ0) is 15.2. The highest BCUT2D eigenvalue weighted by Gasteiger charge is 2.20. The average Bonchev–Trinajstić information content (AvgIpc) is 2.61. The van der Waals surface area contributed by atoms with E-state index in [0.29, 0.717) is 19.0 Å². The van der Waals surface area contributed by atoms with Crippen LogP contribution in [-0.4, -0.2) is 54.2 Å². The van der Waals surface area contributed by atoms with Gasteiger partial charge in [0.05, 0.1) is 0 Å². The maximum atomic E-state index is 5.58. The first-order valence-electron chi connectivity index (χ1n) is 8.57. The molecular weight excluding hydrogens is 278 g/mol. The molecule has 1 aromatic rings. The molecule has 0 unspecified atom stereocenters. The Hall–Kier alpha value is -1.63. The van der Waals surface area contributed by atoms with Gasteiger partial charge < -0.3 is 20.9 Å². The van der Waals surface area contributed by atoms with Crippen molar-refractivity contribution in [3.05, 3.63) is 0 Å². The fourth-order valence-corrected chi connectivity index (χ4v) is 3.09. The van der Waals surface area contributed by atoms with Crippen LogP contribution in [0.5, 0.6) is 0 Å². The fraction of sp³-hybridized carbons (Fsp3) is 0.800. The van der Waals surface area contributed by atoms with Crippen molar-refractivity contribution >= 4 is 17.8 Å². The predicted octanol–water partition coefficient (Wildman–Crippen LogP) is 1.22. The number of piperidine rings is 2. The number of hydrogen-bond acceptors (Lipinski definition) is 7. The van der Waals surface area contributed by atoms with Crippen LogP contribution in [0.2, 0.25) is 0 Å². The first-order valence-corrected chi connectivity index (χ1v) is 8.57. The molecule has 3 rings (SSSR count). The second kappa shape index (κ2) is 7.58. The summed E-state index contributed by atoms with van der Waals surface area (Å²) in [6.07, 6.45) is 7.48. The van der Waals surface area contributed by atoms with Gasteiger partial charge in [0.15, 0.2) is 0 Å². The molecule has 2 fully saturated rings. The predicted molar refractivity (Wildman–Crippen MR) is 89.5 cm³/mol. The van der Waals surface area contributed by atoms with E-state index in [-0.39, 0.29) is 0 Å². The Balaban J connectivity index is 1.83. The molecule has 2 aliphatic rings. The molecule has 0 spiro atoms. The summed E-state index contributed by atoms with van der Waals surface area (Å²) in [7, 11) is 0. The standard InChI is InChI=1S/C15H27N7/c16-7-8-17-13-18-14(21-9-3-1-4-10-21)20-15(19-13)22-11-5-2-6-12-22/h1-12,16H2,(H,17,18,19,20). The normalized spacial score (nSPS) is 19.3. The molecule has 0 bridgehead atoms. The van der Waals surface area contributed by atoms with Crippen LogP contribution in [0.25, 0.3) is 0 Å². The highest BCUT2D eigenvalue weighted by atomic mass is 15.4. The summed E-state index contributed by atoms with van der Waals surface area (Å²) >= 11 is 0. The summed E-state index contributed by atoms with van der Waals surface area (Å²) < 4.78 is 0. The van der Waals surface area contributed by atoms with Crippen LogP contribution in [0.3, 0.4) is 0 Å². The smallest absolute Gasteiger partial charge is 0.231 e. The zero-order valence-electron chi connectivity index (χ0n) is 13.3. The van der Waals surface area contributed by atoms with E-state index in [4.69, 9.17) is 10.7 Å². The molecular formula is C15H27N7. The highest BCUT2D eigenvalue weighted by Crippen LogP contribution is 2.22. The summed E-state index contributed by atoms with van der Waals surface area (Å²) in [5.74, 6) is 2.28. The second-order valence-corrected chi connectivity index (χ2v) is 6.07. The Morgan fingerprint density at radius 3 is 1.73 bits per heavy atom. The number of hydrogen-bond donors (Lipinski definition) is 2. The quantitative estimate of drug-likeness (QED) is 0.846. The molecule has 0 aromatic carbocycles. The molecule has 122 valence electrons. The number of aromatic nitrogens is 3. The van der Waals surface area contributed by atoms with Crippen molar-refractivity contribution in [3.8, 4) is 0 Å². The first-order chi connectivity index (χ1) is 10.9. The van der Waals surface area contributed by atoms with Crippen molar-refractivity contribution in [2.75, 3.05) is 54.4 Å². The Morgan fingerprint density at radius 2 is 1.27 bits per heavy atom. The van der Waals surface area contributed by atoms with Crippen LogP contribution in [0.1, 0.15) is 38.5 Å². The van der Waals surface area contributed by atoms with E-state index >= 15 is 0 Å². The third-order valence-corrected chi connectivity index (χ3v) is 4.32. The van der Waals surface area contributed by atoms with Gasteiger partial charge in [-0.1, -0.05) is 0 Å². The number of nitrogens with zero attached hydrogens (tertiary/aromatic N) is 5.